The Kier molecular flexibility index (Phi) is 7.88. The van der Waals surface area contributed by atoms with Crippen LogP contribution in [0.25, 0.3) is 11.4 Å². The molecule has 0 saturated heterocycles. The van der Waals surface area contributed by atoms with Gasteiger partial charge in [-0.3, -0.25) is 14.9 Å². The molecule has 0 aliphatic heterocycles. The lowest BCUT2D eigenvalue weighted by molar-refractivity contribution is -0.385. The highest BCUT2D eigenvalue weighted by Crippen LogP contribution is 2.29. The monoisotopic (exact) mass is 492 g/mol. The first kappa shape index (κ1) is 24.5. The molecule has 1 heterocycles. The molecule has 0 spiro atoms. The van der Waals surface area contributed by atoms with Crippen LogP contribution < -0.4 is 4.74 Å². The van der Waals surface area contributed by atoms with Crippen LogP contribution in [0.5, 0.6) is 5.75 Å². The number of nitro benzene ring substituents is 1. The van der Waals surface area contributed by atoms with Gasteiger partial charge in [-0.1, -0.05) is 35.3 Å². The van der Waals surface area contributed by atoms with Gasteiger partial charge < -0.3 is 14.2 Å². The summed E-state index contributed by atoms with van der Waals surface area (Å²) in [4.78, 5) is 29.4. The molecule has 174 valence electrons. The zero-order valence-electron chi connectivity index (χ0n) is 18.2. The lowest BCUT2D eigenvalue weighted by Crippen LogP contribution is -2.40. The molecule has 1 atom stereocenters. The second kappa shape index (κ2) is 10.6. The number of aryl methyl sites for hydroxylation is 1. The number of halogens is 2. The van der Waals surface area contributed by atoms with E-state index in [1.807, 2.05) is 13.8 Å². The minimum absolute atomic E-state index is 0.0112. The van der Waals surface area contributed by atoms with Crippen LogP contribution in [-0.2, 0) is 11.3 Å². The Hall–Kier alpha value is -3.17. The first-order valence-electron chi connectivity index (χ1n) is 10.1. The van der Waals surface area contributed by atoms with Crippen molar-refractivity contribution < 1.29 is 19.0 Å². The van der Waals surface area contributed by atoms with Crippen molar-refractivity contribution in [2.45, 2.75) is 39.8 Å². The van der Waals surface area contributed by atoms with E-state index in [0.717, 1.165) is 0 Å². The van der Waals surface area contributed by atoms with Gasteiger partial charge in [-0.25, -0.2) is 0 Å². The molecule has 1 aromatic heterocycles. The molecule has 0 fully saturated rings. The van der Waals surface area contributed by atoms with Gasteiger partial charge in [0.1, 0.15) is 12.3 Å². The summed E-state index contributed by atoms with van der Waals surface area (Å²) in [6.45, 7) is 5.32. The quantitative estimate of drug-likeness (QED) is 0.287. The van der Waals surface area contributed by atoms with Gasteiger partial charge in [0, 0.05) is 28.3 Å². The highest BCUT2D eigenvalue weighted by molar-refractivity contribution is 6.36. The number of hydrogen-bond donors (Lipinski definition) is 0. The summed E-state index contributed by atoms with van der Waals surface area (Å²) in [6.07, 6.45) is 0.701. The van der Waals surface area contributed by atoms with Crippen LogP contribution in [0.1, 0.15) is 31.7 Å². The van der Waals surface area contributed by atoms with Gasteiger partial charge in [-0.15, -0.1) is 0 Å². The van der Waals surface area contributed by atoms with E-state index < -0.39 is 4.92 Å². The minimum Gasteiger partial charge on any atom is -0.484 e. The number of benzene rings is 2. The third-order valence-electron chi connectivity index (χ3n) is 5.12. The molecule has 1 amide bonds. The Bertz CT molecular complexity index is 1170. The number of rotatable bonds is 9. The Morgan fingerprint density at radius 1 is 1.27 bits per heavy atom. The first-order chi connectivity index (χ1) is 15.7. The maximum Gasteiger partial charge on any atom is 0.272 e. The summed E-state index contributed by atoms with van der Waals surface area (Å²) in [6, 6.07) is 9.17. The highest BCUT2D eigenvalue weighted by atomic mass is 35.5. The number of aromatic nitrogens is 2. The summed E-state index contributed by atoms with van der Waals surface area (Å²) in [5, 5.41) is 15.8. The molecule has 11 heteroatoms. The van der Waals surface area contributed by atoms with Crippen molar-refractivity contribution >= 4 is 34.8 Å². The Balaban J connectivity index is 1.71. The summed E-state index contributed by atoms with van der Waals surface area (Å²) in [5.41, 5.74) is 1.00. The van der Waals surface area contributed by atoms with E-state index >= 15 is 0 Å². The predicted molar refractivity (Wildman–Crippen MR) is 123 cm³/mol. The summed E-state index contributed by atoms with van der Waals surface area (Å²) < 4.78 is 10.9. The zero-order valence-corrected chi connectivity index (χ0v) is 19.8. The van der Waals surface area contributed by atoms with Gasteiger partial charge in [0.2, 0.25) is 11.7 Å². The van der Waals surface area contributed by atoms with Crippen molar-refractivity contribution in [2.75, 3.05) is 6.61 Å². The molecule has 1 unspecified atom stereocenters. The van der Waals surface area contributed by atoms with Crippen LogP contribution in [0.3, 0.4) is 0 Å². The van der Waals surface area contributed by atoms with E-state index in [-0.39, 0.29) is 36.7 Å². The molecule has 0 saturated carbocycles. The van der Waals surface area contributed by atoms with Gasteiger partial charge in [-0.05, 0) is 50.6 Å². The van der Waals surface area contributed by atoms with E-state index in [4.69, 9.17) is 32.5 Å². The number of ether oxygens (including phenoxy) is 1. The lowest BCUT2D eigenvalue weighted by Gasteiger charge is -2.27. The normalized spacial score (nSPS) is 11.8. The van der Waals surface area contributed by atoms with Crippen LogP contribution in [0.4, 0.5) is 5.69 Å². The van der Waals surface area contributed by atoms with Gasteiger partial charge in [0.25, 0.3) is 11.6 Å². The van der Waals surface area contributed by atoms with Crippen molar-refractivity contribution in [2.24, 2.45) is 0 Å². The van der Waals surface area contributed by atoms with Crippen molar-refractivity contribution in [3.63, 3.8) is 0 Å². The fourth-order valence-electron chi connectivity index (χ4n) is 3.11. The molecule has 33 heavy (non-hydrogen) atoms. The van der Waals surface area contributed by atoms with Crippen LogP contribution in [0, 0.1) is 17.0 Å². The third kappa shape index (κ3) is 6.00. The van der Waals surface area contributed by atoms with E-state index in [2.05, 4.69) is 10.1 Å². The summed E-state index contributed by atoms with van der Waals surface area (Å²) in [5.74, 6) is 0.620. The van der Waals surface area contributed by atoms with Crippen molar-refractivity contribution in [1.82, 2.24) is 15.0 Å². The van der Waals surface area contributed by atoms with Crippen LogP contribution in [-0.4, -0.2) is 38.5 Å². The number of nitrogens with zero attached hydrogens (tertiary/aromatic N) is 4. The van der Waals surface area contributed by atoms with Crippen molar-refractivity contribution in [3.05, 3.63) is 68.0 Å². The average molecular weight is 493 g/mol. The molecule has 2 aromatic carbocycles. The van der Waals surface area contributed by atoms with E-state index in [0.29, 0.717) is 39.2 Å². The molecule has 0 bridgehead atoms. The molecular weight excluding hydrogens is 471 g/mol. The van der Waals surface area contributed by atoms with Crippen LogP contribution >= 0.6 is 23.2 Å². The fourth-order valence-corrected chi connectivity index (χ4v) is 3.60. The Morgan fingerprint density at radius 2 is 2.03 bits per heavy atom. The van der Waals surface area contributed by atoms with Gasteiger partial charge in [0.15, 0.2) is 6.61 Å². The minimum atomic E-state index is -0.467. The third-order valence-corrected chi connectivity index (χ3v) is 5.66. The maximum absolute atomic E-state index is 12.9. The van der Waals surface area contributed by atoms with Gasteiger partial charge in [-0.2, -0.15) is 4.98 Å². The van der Waals surface area contributed by atoms with E-state index in [1.165, 1.54) is 18.2 Å². The topological polar surface area (TPSA) is 112 Å². The molecule has 0 N–H and O–H groups in total. The van der Waals surface area contributed by atoms with Gasteiger partial charge >= 0.3 is 0 Å². The maximum atomic E-state index is 12.9. The molecule has 3 aromatic rings. The summed E-state index contributed by atoms with van der Waals surface area (Å²) in [7, 11) is 0. The zero-order chi connectivity index (χ0) is 24.1. The van der Waals surface area contributed by atoms with E-state index in [1.54, 1.807) is 30.0 Å². The SMILES string of the molecule is CCC(C)N(Cc1nc(-c2ccc(Cl)cc2Cl)no1)C(=O)COc1ccc([N+](=O)[O-])c(C)c1. The molecule has 3 rings (SSSR count). The average Bonchev–Trinajstić information content (AvgIpc) is 3.23. The number of carbonyl (C=O) groups is 1. The molecule has 0 radical (unpaired) electrons. The predicted octanol–water partition coefficient (Wildman–Crippen LogP) is 5.47. The van der Waals surface area contributed by atoms with Crippen LogP contribution in [0.15, 0.2) is 40.9 Å². The number of amides is 1. The Morgan fingerprint density at radius 3 is 2.67 bits per heavy atom. The second-order valence-electron chi connectivity index (χ2n) is 7.41. The molecule has 9 nitrogen and oxygen atoms in total. The van der Waals surface area contributed by atoms with Crippen molar-refractivity contribution in [1.29, 1.82) is 0 Å². The van der Waals surface area contributed by atoms with E-state index in [9.17, 15) is 14.9 Å². The standard InChI is InChI=1S/C22H22Cl2N4O5/c1-4-14(3)27(21(29)12-32-16-6-8-19(28(30)31)13(2)9-16)11-20-25-22(26-33-20)17-7-5-15(23)10-18(17)24/h5-10,14H,4,11-12H2,1-3H3. The molecular formula is C22H22Cl2N4O5. The van der Waals surface area contributed by atoms with Crippen LogP contribution in [0.2, 0.25) is 10.0 Å². The first-order valence-corrected chi connectivity index (χ1v) is 10.9. The second-order valence-corrected chi connectivity index (χ2v) is 8.25. The largest absolute Gasteiger partial charge is 0.484 e. The number of carbonyl (C=O) groups excluding carboxylic acids is 1. The number of hydrogen-bond acceptors (Lipinski definition) is 7. The molecule has 0 aliphatic rings. The highest BCUT2D eigenvalue weighted by Gasteiger charge is 2.23. The smallest absolute Gasteiger partial charge is 0.272 e. The van der Waals surface area contributed by atoms with Gasteiger partial charge in [0.05, 0.1) is 9.95 Å². The number of nitro groups is 1. The Labute approximate surface area is 200 Å². The lowest BCUT2D eigenvalue weighted by atomic mass is 10.2. The van der Waals surface area contributed by atoms with Crippen molar-refractivity contribution in [3.8, 4) is 17.1 Å². The fraction of sp³-hybridized carbons (Fsp3) is 0.318. The summed E-state index contributed by atoms with van der Waals surface area (Å²) >= 11 is 12.1. The molecule has 0 aliphatic carbocycles.